The molecule has 1 aromatic rings. The van der Waals surface area contributed by atoms with Crippen LogP contribution in [0.5, 0.6) is 0 Å². The van der Waals surface area contributed by atoms with Crippen molar-refractivity contribution in [1.82, 2.24) is 20.0 Å². The van der Waals surface area contributed by atoms with Crippen LogP contribution in [0, 0.1) is 0 Å². The highest BCUT2D eigenvalue weighted by atomic mass is 16.5. The molecule has 2 aliphatic rings. The summed E-state index contributed by atoms with van der Waals surface area (Å²) in [5.41, 5.74) is 2.69. The number of carbonyl (C=O) groups is 1. The van der Waals surface area contributed by atoms with Gasteiger partial charge in [0.2, 0.25) is 0 Å². The summed E-state index contributed by atoms with van der Waals surface area (Å²) in [6.07, 6.45) is 4.47. The van der Waals surface area contributed by atoms with Crippen molar-refractivity contribution in [3.8, 4) is 0 Å². The fourth-order valence-electron chi connectivity index (χ4n) is 3.35. The molecule has 0 atom stereocenters. The van der Waals surface area contributed by atoms with Gasteiger partial charge in [-0.2, -0.15) is 5.10 Å². The minimum atomic E-state index is -0.0598. The Bertz CT molecular complexity index is 520. The van der Waals surface area contributed by atoms with Gasteiger partial charge in [0.15, 0.2) is 5.69 Å². The largest absolute Gasteiger partial charge is 0.376 e. The van der Waals surface area contributed by atoms with Gasteiger partial charge >= 0.3 is 0 Å². The Labute approximate surface area is 131 Å². The average molecular weight is 306 g/mol. The molecular formula is C16H26N4O2. The van der Waals surface area contributed by atoms with Crippen LogP contribution >= 0.6 is 0 Å². The number of likely N-dealkylation sites (tertiary alicyclic amines) is 1. The molecule has 22 heavy (non-hydrogen) atoms. The lowest BCUT2D eigenvalue weighted by atomic mass is 10.1. The van der Waals surface area contributed by atoms with Crippen LogP contribution < -0.4 is 5.32 Å². The highest BCUT2D eigenvalue weighted by Gasteiger charge is 2.24. The molecule has 6 heteroatoms. The number of aryl methyl sites for hydroxylation is 1. The van der Waals surface area contributed by atoms with Gasteiger partial charge in [-0.15, -0.1) is 0 Å². The van der Waals surface area contributed by atoms with Crippen molar-refractivity contribution in [3.63, 3.8) is 0 Å². The number of aromatic nitrogens is 2. The summed E-state index contributed by atoms with van der Waals surface area (Å²) in [5.74, 6) is -0.0598. The van der Waals surface area contributed by atoms with E-state index in [1.165, 1.54) is 25.9 Å². The van der Waals surface area contributed by atoms with E-state index in [2.05, 4.69) is 22.2 Å². The maximum atomic E-state index is 12.4. The summed E-state index contributed by atoms with van der Waals surface area (Å²) in [6, 6.07) is 0. The molecule has 3 heterocycles. The Balaban J connectivity index is 1.54. The number of nitrogens with zero attached hydrogens (tertiary/aromatic N) is 3. The number of nitrogens with one attached hydrogen (secondary N) is 1. The van der Waals surface area contributed by atoms with E-state index in [9.17, 15) is 4.79 Å². The van der Waals surface area contributed by atoms with E-state index in [0.29, 0.717) is 18.8 Å². The predicted octanol–water partition coefficient (Wildman–Crippen LogP) is 1.19. The lowest BCUT2D eigenvalue weighted by Gasteiger charge is -2.15. The van der Waals surface area contributed by atoms with Gasteiger partial charge in [-0.05, 0) is 45.8 Å². The molecule has 1 fully saturated rings. The van der Waals surface area contributed by atoms with Gasteiger partial charge < -0.3 is 15.0 Å². The van der Waals surface area contributed by atoms with Crippen molar-refractivity contribution >= 4 is 5.91 Å². The highest BCUT2D eigenvalue weighted by molar-refractivity contribution is 5.94. The molecule has 0 spiro atoms. The molecule has 0 aromatic carbocycles. The first-order valence-electron chi connectivity index (χ1n) is 8.46. The summed E-state index contributed by atoms with van der Waals surface area (Å²) in [6.45, 7) is 8.28. The average Bonchev–Trinajstić information content (AvgIpc) is 3.18. The van der Waals surface area contributed by atoms with Gasteiger partial charge in [0.05, 0.1) is 13.2 Å². The topological polar surface area (TPSA) is 59.4 Å². The van der Waals surface area contributed by atoms with E-state index in [1.54, 1.807) is 0 Å². The standard InChI is InChI=1S/C16H26N4O2/c1-2-20-14-6-11-22-12-13(14)15(18-20)16(21)17-7-5-10-19-8-3-4-9-19/h2-12H2,1H3,(H,17,21). The predicted molar refractivity (Wildman–Crippen MR) is 83.9 cm³/mol. The van der Waals surface area contributed by atoms with Gasteiger partial charge in [0, 0.05) is 30.8 Å². The van der Waals surface area contributed by atoms with Crippen LogP contribution in [0.15, 0.2) is 0 Å². The molecular weight excluding hydrogens is 280 g/mol. The Morgan fingerprint density at radius 2 is 2.18 bits per heavy atom. The van der Waals surface area contributed by atoms with Crippen molar-refractivity contribution in [3.05, 3.63) is 17.0 Å². The van der Waals surface area contributed by atoms with Crippen LogP contribution in [-0.4, -0.2) is 53.4 Å². The molecule has 0 saturated carbocycles. The quantitative estimate of drug-likeness (QED) is 0.802. The van der Waals surface area contributed by atoms with Gasteiger partial charge in [-0.25, -0.2) is 0 Å². The third-order valence-electron chi connectivity index (χ3n) is 4.55. The fraction of sp³-hybridized carbons (Fsp3) is 0.750. The first kappa shape index (κ1) is 15.5. The van der Waals surface area contributed by atoms with E-state index in [0.717, 1.165) is 43.8 Å². The molecule has 0 bridgehead atoms. The van der Waals surface area contributed by atoms with Crippen LogP contribution in [0.3, 0.4) is 0 Å². The van der Waals surface area contributed by atoms with Crippen molar-refractivity contribution < 1.29 is 9.53 Å². The van der Waals surface area contributed by atoms with E-state index < -0.39 is 0 Å². The zero-order valence-corrected chi connectivity index (χ0v) is 13.4. The van der Waals surface area contributed by atoms with Crippen LogP contribution in [0.2, 0.25) is 0 Å². The molecule has 1 N–H and O–H groups in total. The third kappa shape index (κ3) is 3.33. The number of rotatable bonds is 6. The van der Waals surface area contributed by atoms with Gasteiger partial charge in [0.25, 0.3) is 5.91 Å². The van der Waals surface area contributed by atoms with Gasteiger partial charge in [-0.1, -0.05) is 0 Å². The zero-order chi connectivity index (χ0) is 15.4. The number of hydrogen-bond donors (Lipinski definition) is 1. The van der Waals surface area contributed by atoms with Crippen molar-refractivity contribution in [2.24, 2.45) is 0 Å². The summed E-state index contributed by atoms with van der Waals surface area (Å²) in [4.78, 5) is 14.9. The Morgan fingerprint density at radius 3 is 2.95 bits per heavy atom. The normalized spacial score (nSPS) is 18.4. The molecule has 122 valence electrons. The van der Waals surface area contributed by atoms with E-state index in [4.69, 9.17) is 4.74 Å². The molecule has 2 aliphatic heterocycles. The van der Waals surface area contributed by atoms with Crippen molar-refractivity contribution in [1.29, 1.82) is 0 Å². The zero-order valence-electron chi connectivity index (χ0n) is 13.4. The number of amides is 1. The lowest BCUT2D eigenvalue weighted by Crippen LogP contribution is -2.29. The molecule has 0 radical (unpaired) electrons. The molecule has 6 nitrogen and oxygen atoms in total. The summed E-state index contributed by atoms with van der Waals surface area (Å²) < 4.78 is 7.44. The molecule has 0 aliphatic carbocycles. The second-order valence-corrected chi connectivity index (χ2v) is 6.05. The summed E-state index contributed by atoms with van der Waals surface area (Å²) in [7, 11) is 0. The maximum Gasteiger partial charge on any atom is 0.272 e. The smallest absolute Gasteiger partial charge is 0.272 e. The minimum Gasteiger partial charge on any atom is -0.376 e. The van der Waals surface area contributed by atoms with Crippen LogP contribution in [0.25, 0.3) is 0 Å². The molecule has 1 amide bonds. The van der Waals surface area contributed by atoms with E-state index in [-0.39, 0.29) is 5.91 Å². The minimum absolute atomic E-state index is 0.0598. The molecule has 1 saturated heterocycles. The Hall–Kier alpha value is -1.40. The van der Waals surface area contributed by atoms with Crippen LogP contribution in [0.4, 0.5) is 0 Å². The fourth-order valence-corrected chi connectivity index (χ4v) is 3.35. The Morgan fingerprint density at radius 1 is 1.36 bits per heavy atom. The second-order valence-electron chi connectivity index (χ2n) is 6.05. The highest BCUT2D eigenvalue weighted by Crippen LogP contribution is 2.20. The maximum absolute atomic E-state index is 12.4. The summed E-state index contributed by atoms with van der Waals surface area (Å²) >= 11 is 0. The van der Waals surface area contributed by atoms with E-state index in [1.807, 2.05) is 4.68 Å². The van der Waals surface area contributed by atoms with E-state index >= 15 is 0 Å². The van der Waals surface area contributed by atoms with Gasteiger partial charge in [0.1, 0.15) is 0 Å². The molecule has 3 rings (SSSR count). The first-order chi connectivity index (χ1) is 10.8. The van der Waals surface area contributed by atoms with Crippen molar-refractivity contribution in [2.75, 3.05) is 32.8 Å². The lowest BCUT2D eigenvalue weighted by molar-refractivity contribution is 0.0923. The Kier molecular flexibility index (Phi) is 5.10. The molecule has 1 aromatic heterocycles. The number of carbonyl (C=O) groups excluding carboxylic acids is 1. The number of hydrogen-bond acceptors (Lipinski definition) is 4. The number of fused-ring (bicyclic) bond motifs is 1. The van der Waals surface area contributed by atoms with Crippen LogP contribution in [0.1, 0.15) is 47.9 Å². The first-order valence-corrected chi connectivity index (χ1v) is 8.46. The summed E-state index contributed by atoms with van der Waals surface area (Å²) in [5, 5.41) is 7.49. The third-order valence-corrected chi connectivity index (χ3v) is 4.55. The van der Waals surface area contributed by atoms with Crippen molar-refractivity contribution in [2.45, 2.75) is 45.8 Å². The number of ether oxygens (including phenoxy) is 1. The SMILES string of the molecule is CCn1nc(C(=O)NCCCN2CCCC2)c2c1CCOC2. The van der Waals surface area contributed by atoms with Crippen LogP contribution in [-0.2, 0) is 24.3 Å². The monoisotopic (exact) mass is 306 g/mol. The van der Waals surface area contributed by atoms with Gasteiger partial charge in [-0.3, -0.25) is 9.48 Å². The second kappa shape index (κ2) is 7.24. The molecule has 0 unspecified atom stereocenters.